The standard InChI is InChI=1S/C31H47ClN8O4/c1-20(7-9-24(42)22-8-10-25(43)23(19-22)13-18-41)5-4-6-21-11-16-40(17-12-21)15-3-2-14-36-31(35)39-30(44)26-28(33)38-29(34)27(32)37-26/h8,10,18-21,24,42-43H,2-7,9,11-17H2,1H3,(H4,33,34,38)(H3,35,36,39,44)/t20-,24+/m1/s1. The number of aldehydes is 1. The SMILES string of the molecule is C[C@H](CCCC1CCN(CCCCN=C(N)NC(=O)c2nc(Cl)c(N)nc2N)CC1)CC[C@H](O)c1ccc(O)c(CC=O)c1. The van der Waals surface area contributed by atoms with Gasteiger partial charge < -0.3 is 37.1 Å². The summed E-state index contributed by atoms with van der Waals surface area (Å²) in [4.78, 5) is 37.5. The minimum atomic E-state index is -0.647. The zero-order chi connectivity index (χ0) is 32.1. The third-order valence-electron chi connectivity index (χ3n) is 8.27. The topological polar surface area (TPSA) is 206 Å². The number of aliphatic hydroxyl groups is 1. The second-order valence-corrected chi connectivity index (χ2v) is 12.1. The number of rotatable bonds is 16. The highest BCUT2D eigenvalue weighted by molar-refractivity contribution is 6.31. The van der Waals surface area contributed by atoms with E-state index in [-0.39, 0.29) is 40.6 Å². The molecule has 1 aromatic carbocycles. The molecular formula is C31H47ClN8O4. The number of guanidine groups is 1. The lowest BCUT2D eigenvalue weighted by Gasteiger charge is -2.32. The number of aliphatic hydroxyl groups excluding tert-OH is 1. The van der Waals surface area contributed by atoms with Gasteiger partial charge in [-0.25, -0.2) is 9.97 Å². The largest absolute Gasteiger partial charge is 0.508 e. The number of unbranched alkanes of at least 4 members (excludes halogenated alkanes) is 1. The van der Waals surface area contributed by atoms with Gasteiger partial charge in [0.05, 0.1) is 6.10 Å². The number of nitrogens with zero attached hydrogens (tertiary/aromatic N) is 4. The smallest absolute Gasteiger partial charge is 0.280 e. The molecule has 0 radical (unpaired) electrons. The van der Waals surface area contributed by atoms with Gasteiger partial charge >= 0.3 is 0 Å². The van der Waals surface area contributed by atoms with Gasteiger partial charge in [-0.05, 0) is 87.7 Å². The zero-order valence-electron chi connectivity index (χ0n) is 25.6. The average molecular weight is 631 g/mol. The van der Waals surface area contributed by atoms with Gasteiger partial charge in [0.1, 0.15) is 12.0 Å². The summed E-state index contributed by atoms with van der Waals surface area (Å²) in [5.74, 6) is 0.533. The zero-order valence-corrected chi connectivity index (χ0v) is 26.3. The molecule has 0 spiro atoms. The molecule has 0 unspecified atom stereocenters. The number of hydrogen-bond donors (Lipinski definition) is 6. The Morgan fingerprint density at radius 2 is 1.91 bits per heavy atom. The average Bonchev–Trinajstić information content (AvgIpc) is 2.99. The number of nitrogen functional groups attached to an aromatic ring is 2. The second kappa shape index (κ2) is 17.7. The van der Waals surface area contributed by atoms with Crippen molar-refractivity contribution >= 4 is 41.4 Å². The molecule has 1 aromatic heterocycles. The van der Waals surface area contributed by atoms with Crippen LogP contribution in [-0.2, 0) is 11.2 Å². The quantitative estimate of drug-likeness (QED) is 0.0687. The normalized spacial score (nSPS) is 16.0. The lowest BCUT2D eigenvalue weighted by atomic mass is 9.88. The van der Waals surface area contributed by atoms with Crippen LogP contribution in [0.3, 0.4) is 0 Å². The molecule has 2 atom stereocenters. The first kappa shape index (κ1) is 35.0. The van der Waals surface area contributed by atoms with Gasteiger partial charge in [-0.1, -0.05) is 43.9 Å². The summed E-state index contributed by atoms with van der Waals surface area (Å²) in [7, 11) is 0. The number of nitrogens with two attached hydrogens (primary N) is 3. The van der Waals surface area contributed by atoms with Crippen LogP contribution >= 0.6 is 11.6 Å². The summed E-state index contributed by atoms with van der Waals surface area (Å²) >= 11 is 5.82. The first-order chi connectivity index (χ1) is 21.1. The van der Waals surface area contributed by atoms with Crippen LogP contribution in [0.15, 0.2) is 23.2 Å². The number of nitrogens with one attached hydrogen (secondary N) is 1. The molecule has 3 rings (SSSR count). The number of carbonyl (C=O) groups is 2. The van der Waals surface area contributed by atoms with E-state index in [1.165, 1.54) is 25.7 Å². The third-order valence-corrected chi connectivity index (χ3v) is 8.55. The molecule has 12 nitrogen and oxygen atoms in total. The summed E-state index contributed by atoms with van der Waals surface area (Å²) in [6.07, 6.45) is 9.79. The fraction of sp³-hybridized carbons (Fsp3) is 0.581. The van der Waals surface area contributed by atoms with Crippen molar-refractivity contribution in [3.63, 3.8) is 0 Å². The molecule has 1 aliphatic heterocycles. The van der Waals surface area contributed by atoms with Crippen LogP contribution in [0.4, 0.5) is 11.6 Å². The van der Waals surface area contributed by atoms with Crippen LogP contribution in [0, 0.1) is 11.8 Å². The highest BCUT2D eigenvalue weighted by Gasteiger charge is 2.20. The lowest BCUT2D eigenvalue weighted by Crippen LogP contribution is -2.38. The van der Waals surface area contributed by atoms with E-state index in [4.69, 9.17) is 28.8 Å². The number of likely N-dealkylation sites (tertiary alicyclic amines) is 1. The molecule has 9 N–H and O–H groups in total. The monoisotopic (exact) mass is 630 g/mol. The minimum absolute atomic E-state index is 0.0162. The summed E-state index contributed by atoms with van der Waals surface area (Å²) in [5, 5.41) is 22.8. The molecular weight excluding hydrogens is 584 g/mol. The number of aromatic nitrogens is 2. The molecule has 44 heavy (non-hydrogen) atoms. The molecule has 1 fully saturated rings. The number of halogens is 1. The fourth-order valence-electron chi connectivity index (χ4n) is 5.54. The van der Waals surface area contributed by atoms with E-state index in [2.05, 4.69) is 32.1 Å². The summed E-state index contributed by atoms with van der Waals surface area (Å²) in [6, 6.07) is 5.01. The van der Waals surface area contributed by atoms with Crippen molar-refractivity contribution in [1.29, 1.82) is 0 Å². The number of phenolic OH excluding ortho intramolecular Hbond substituents is 1. The molecule has 1 amide bonds. The number of hydrogen-bond acceptors (Lipinski definition) is 10. The number of aromatic hydroxyl groups is 1. The van der Waals surface area contributed by atoms with Crippen LogP contribution < -0.4 is 22.5 Å². The van der Waals surface area contributed by atoms with Gasteiger partial charge in [0.15, 0.2) is 28.4 Å². The molecule has 2 aromatic rings. The minimum Gasteiger partial charge on any atom is -0.508 e. The maximum Gasteiger partial charge on any atom is 0.280 e. The van der Waals surface area contributed by atoms with Crippen LogP contribution in [0.25, 0.3) is 0 Å². The highest BCUT2D eigenvalue weighted by Crippen LogP contribution is 2.29. The molecule has 0 bridgehead atoms. The number of aliphatic imine (C=N–C) groups is 1. The molecule has 0 aliphatic carbocycles. The Hall–Kier alpha value is -3.48. The highest BCUT2D eigenvalue weighted by atomic mass is 35.5. The number of piperidine rings is 1. The van der Waals surface area contributed by atoms with Crippen molar-refractivity contribution in [3.8, 4) is 5.75 Å². The molecule has 13 heteroatoms. The maximum atomic E-state index is 12.3. The second-order valence-electron chi connectivity index (χ2n) is 11.7. The molecule has 1 aliphatic rings. The van der Waals surface area contributed by atoms with E-state index < -0.39 is 12.0 Å². The van der Waals surface area contributed by atoms with E-state index in [9.17, 15) is 19.8 Å². The first-order valence-corrected chi connectivity index (χ1v) is 15.8. The number of phenols is 1. The summed E-state index contributed by atoms with van der Waals surface area (Å²) < 4.78 is 0. The molecule has 0 saturated carbocycles. The number of amides is 1. The Labute approximate surface area is 264 Å². The van der Waals surface area contributed by atoms with E-state index in [0.717, 1.165) is 63.1 Å². The number of benzene rings is 1. The summed E-state index contributed by atoms with van der Waals surface area (Å²) in [6.45, 7) is 5.98. The van der Waals surface area contributed by atoms with Crippen LogP contribution in [0.2, 0.25) is 5.15 Å². The molecule has 242 valence electrons. The van der Waals surface area contributed by atoms with Crippen LogP contribution in [0.1, 0.15) is 92.4 Å². The van der Waals surface area contributed by atoms with Gasteiger partial charge in [0, 0.05) is 18.5 Å². The van der Waals surface area contributed by atoms with Crippen molar-refractivity contribution in [2.75, 3.05) is 37.6 Å². The first-order valence-electron chi connectivity index (χ1n) is 15.4. The van der Waals surface area contributed by atoms with Gasteiger partial charge in [0.2, 0.25) is 0 Å². The lowest BCUT2D eigenvalue weighted by molar-refractivity contribution is -0.107. The van der Waals surface area contributed by atoms with Crippen LogP contribution in [-0.4, -0.2) is 69.4 Å². The van der Waals surface area contributed by atoms with E-state index >= 15 is 0 Å². The Kier molecular flexibility index (Phi) is 14.1. The Morgan fingerprint density at radius 1 is 1.16 bits per heavy atom. The van der Waals surface area contributed by atoms with Gasteiger partial charge in [-0.3, -0.25) is 15.1 Å². The Morgan fingerprint density at radius 3 is 2.64 bits per heavy atom. The van der Waals surface area contributed by atoms with E-state index in [0.29, 0.717) is 24.4 Å². The predicted octanol–water partition coefficient (Wildman–Crippen LogP) is 3.60. The van der Waals surface area contributed by atoms with Crippen molar-refractivity contribution in [2.45, 2.75) is 77.2 Å². The predicted molar refractivity (Wildman–Crippen MR) is 173 cm³/mol. The summed E-state index contributed by atoms with van der Waals surface area (Å²) in [5.41, 5.74) is 18.2. The Bertz CT molecular complexity index is 1270. The number of anilines is 2. The van der Waals surface area contributed by atoms with E-state index in [1.54, 1.807) is 18.2 Å². The van der Waals surface area contributed by atoms with Gasteiger partial charge in [-0.15, -0.1) is 0 Å². The van der Waals surface area contributed by atoms with Gasteiger partial charge in [-0.2, -0.15) is 0 Å². The van der Waals surface area contributed by atoms with Crippen LogP contribution in [0.5, 0.6) is 5.75 Å². The third kappa shape index (κ3) is 11.2. The fourth-order valence-corrected chi connectivity index (χ4v) is 5.67. The molecule has 2 heterocycles. The van der Waals surface area contributed by atoms with Crippen molar-refractivity contribution in [3.05, 3.63) is 40.2 Å². The van der Waals surface area contributed by atoms with Gasteiger partial charge in [0.25, 0.3) is 5.91 Å². The number of carbonyl (C=O) groups excluding carboxylic acids is 2. The van der Waals surface area contributed by atoms with Crippen molar-refractivity contribution in [1.82, 2.24) is 20.2 Å². The van der Waals surface area contributed by atoms with Crippen molar-refractivity contribution < 1.29 is 19.8 Å². The maximum absolute atomic E-state index is 12.3. The van der Waals surface area contributed by atoms with E-state index in [1.807, 2.05) is 0 Å². The Balaban J connectivity index is 1.24. The molecule has 1 saturated heterocycles. The van der Waals surface area contributed by atoms with Crippen molar-refractivity contribution in [2.24, 2.45) is 22.6 Å².